The number of nitrogens with zero attached hydrogens (tertiary/aromatic N) is 3. The molecule has 7 nitrogen and oxygen atoms in total. The number of hydrogen-bond donors (Lipinski definition) is 3. The molecule has 0 saturated heterocycles. The van der Waals surface area contributed by atoms with Gasteiger partial charge < -0.3 is 15.7 Å². The van der Waals surface area contributed by atoms with E-state index in [9.17, 15) is 23.1 Å². The lowest BCUT2D eigenvalue weighted by atomic mass is 10.1. The smallest absolute Gasteiger partial charge is 0.390 e. The Morgan fingerprint density at radius 2 is 2.03 bits per heavy atom. The van der Waals surface area contributed by atoms with Crippen molar-refractivity contribution >= 4 is 17.4 Å². The molecule has 29 heavy (non-hydrogen) atoms. The van der Waals surface area contributed by atoms with Crippen LogP contribution in [0.5, 0.6) is 5.75 Å². The van der Waals surface area contributed by atoms with E-state index in [1.807, 2.05) is 13.8 Å². The zero-order valence-electron chi connectivity index (χ0n) is 15.8. The van der Waals surface area contributed by atoms with Gasteiger partial charge >= 0.3 is 6.18 Å². The van der Waals surface area contributed by atoms with Crippen molar-refractivity contribution in [3.8, 4) is 17.0 Å². The summed E-state index contributed by atoms with van der Waals surface area (Å²) in [7, 11) is 0. The summed E-state index contributed by atoms with van der Waals surface area (Å²) in [5.41, 5.74) is 1.68. The van der Waals surface area contributed by atoms with Crippen LogP contribution >= 0.6 is 0 Å². The van der Waals surface area contributed by atoms with Gasteiger partial charge in [-0.1, -0.05) is 6.07 Å². The monoisotopic (exact) mass is 407 g/mol. The van der Waals surface area contributed by atoms with E-state index in [1.165, 1.54) is 24.5 Å². The van der Waals surface area contributed by atoms with Gasteiger partial charge in [0.1, 0.15) is 5.75 Å². The Morgan fingerprint density at radius 1 is 1.28 bits per heavy atom. The summed E-state index contributed by atoms with van der Waals surface area (Å²) >= 11 is 0. The van der Waals surface area contributed by atoms with Crippen molar-refractivity contribution in [2.75, 3.05) is 11.9 Å². The molecule has 3 rings (SSSR count). The number of rotatable bonds is 6. The molecule has 0 aliphatic carbocycles. The second-order valence-corrected chi connectivity index (χ2v) is 6.76. The number of phenolic OH excluding ortho intramolecular Hbond substituents is 1. The summed E-state index contributed by atoms with van der Waals surface area (Å²) in [6.07, 6.45) is -0.674. The predicted molar refractivity (Wildman–Crippen MR) is 102 cm³/mol. The zero-order valence-corrected chi connectivity index (χ0v) is 15.8. The van der Waals surface area contributed by atoms with Gasteiger partial charge in [-0.15, -0.1) is 0 Å². The highest BCUT2D eigenvalue weighted by atomic mass is 19.4. The largest absolute Gasteiger partial charge is 0.507 e. The van der Waals surface area contributed by atoms with E-state index in [4.69, 9.17) is 0 Å². The minimum Gasteiger partial charge on any atom is -0.507 e. The van der Waals surface area contributed by atoms with Crippen LogP contribution in [-0.4, -0.2) is 44.1 Å². The average Bonchev–Trinajstić information content (AvgIpc) is 3.04. The number of fused-ring (bicyclic) bond motifs is 1. The van der Waals surface area contributed by atoms with Crippen LogP contribution < -0.4 is 10.6 Å². The number of aromatic hydroxyl groups is 1. The van der Waals surface area contributed by atoms with Gasteiger partial charge in [0, 0.05) is 30.5 Å². The summed E-state index contributed by atoms with van der Waals surface area (Å²) in [5, 5.41) is 15.6. The zero-order chi connectivity index (χ0) is 21.2. The third kappa shape index (κ3) is 4.76. The Labute approximate surface area is 164 Å². The number of nitrogens with one attached hydrogen (secondary N) is 2. The molecule has 1 aromatic carbocycles. The van der Waals surface area contributed by atoms with Crippen molar-refractivity contribution in [3.63, 3.8) is 0 Å². The van der Waals surface area contributed by atoms with E-state index in [-0.39, 0.29) is 35.6 Å². The molecule has 1 amide bonds. The number of phenols is 1. The number of anilines is 1. The van der Waals surface area contributed by atoms with Crippen LogP contribution in [0.1, 0.15) is 30.6 Å². The molecule has 0 unspecified atom stereocenters. The molecule has 3 aromatic rings. The number of carbonyl (C=O) groups excluding carboxylic acids is 1. The number of aromatic nitrogens is 3. The molecular formula is C19H20F3N5O2. The van der Waals surface area contributed by atoms with Crippen LogP contribution in [0, 0.1) is 0 Å². The molecule has 0 atom stereocenters. The lowest BCUT2D eigenvalue weighted by Gasteiger charge is -2.11. The molecule has 2 heterocycles. The fraction of sp³-hybridized carbons (Fsp3) is 0.316. The summed E-state index contributed by atoms with van der Waals surface area (Å²) < 4.78 is 38.7. The van der Waals surface area contributed by atoms with Crippen molar-refractivity contribution in [3.05, 3.63) is 42.4 Å². The molecule has 0 spiro atoms. The minimum atomic E-state index is -4.26. The van der Waals surface area contributed by atoms with E-state index in [2.05, 4.69) is 20.6 Å². The Kier molecular flexibility index (Phi) is 5.62. The van der Waals surface area contributed by atoms with Gasteiger partial charge in [-0.2, -0.15) is 13.2 Å². The standard InChI is InChI=1S/C19H20F3N5O2/c1-11(2)26-18(29)13-4-3-12(9-15(13)28)14-10-25-17-16(24-7-8-27(14)17)23-6-5-19(20,21)22/h3-4,7-11,28H,5-6H2,1-2H3,(H,23,24)(H,26,29). The molecule has 0 radical (unpaired) electrons. The quantitative estimate of drug-likeness (QED) is 0.581. The molecule has 0 aliphatic heterocycles. The average molecular weight is 407 g/mol. The number of amides is 1. The van der Waals surface area contributed by atoms with Gasteiger partial charge in [0.2, 0.25) is 0 Å². The van der Waals surface area contributed by atoms with Gasteiger partial charge in [-0.3, -0.25) is 9.20 Å². The molecule has 2 aromatic heterocycles. The molecule has 10 heteroatoms. The number of hydrogen-bond acceptors (Lipinski definition) is 5. The van der Waals surface area contributed by atoms with E-state index in [0.29, 0.717) is 16.9 Å². The SMILES string of the molecule is CC(C)NC(=O)c1ccc(-c2cnc3c(NCCC(F)(F)F)nccn23)cc1O. The van der Waals surface area contributed by atoms with Gasteiger partial charge in [-0.25, -0.2) is 9.97 Å². The maximum Gasteiger partial charge on any atom is 0.390 e. The highest BCUT2D eigenvalue weighted by Crippen LogP contribution is 2.28. The number of halogens is 3. The van der Waals surface area contributed by atoms with Crippen LogP contribution in [0.15, 0.2) is 36.8 Å². The maximum atomic E-state index is 12.4. The van der Waals surface area contributed by atoms with Crippen LogP contribution in [0.3, 0.4) is 0 Å². The molecule has 0 fully saturated rings. The predicted octanol–water partition coefficient (Wildman–Crippen LogP) is 3.60. The van der Waals surface area contributed by atoms with Crippen molar-refractivity contribution in [1.82, 2.24) is 19.7 Å². The molecule has 154 valence electrons. The van der Waals surface area contributed by atoms with Crippen molar-refractivity contribution in [1.29, 1.82) is 0 Å². The normalized spacial score (nSPS) is 11.8. The fourth-order valence-corrected chi connectivity index (χ4v) is 2.80. The first-order chi connectivity index (χ1) is 13.7. The number of alkyl halides is 3. The van der Waals surface area contributed by atoms with Gasteiger partial charge in [0.15, 0.2) is 11.5 Å². The number of carbonyl (C=O) groups is 1. The third-order valence-electron chi connectivity index (χ3n) is 4.09. The summed E-state index contributed by atoms with van der Waals surface area (Å²) in [4.78, 5) is 20.4. The van der Waals surface area contributed by atoms with Gasteiger partial charge in [-0.05, 0) is 26.0 Å². The van der Waals surface area contributed by atoms with Crippen molar-refractivity contribution < 1.29 is 23.1 Å². The lowest BCUT2D eigenvalue weighted by molar-refractivity contribution is -0.131. The first-order valence-corrected chi connectivity index (χ1v) is 8.92. The fourth-order valence-electron chi connectivity index (χ4n) is 2.80. The highest BCUT2D eigenvalue weighted by molar-refractivity contribution is 5.97. The molecule has 0 saturated carbocycles. The second-order valence-electron chi connectivity index (χ2n) is 6.76. The molecule has 0 aliphatic rings. The Bertz CT molecular complexity index is 1030. The number of imidazole rings is 1. The molecular weight excluding hydrogens is 387 g/mol. The lowest BCUT2D eigenvalue weighted by Crippen LogP contribution is -2.30. The van der Waals surface area contributed by atoms with Crippen LogP contribution in [0.25, 0.3) is 16.9 Å². The molecule has 0 bridgehead atoms. The van der Waals surface area contributed by atoms with E-state index in [0.717, 1.165) is 0 Å². The van der Waals surface area contributed by atoms with Gasteiger partial charge in [0.05, 0.1) is 23.9 Å². The van der Waals surface area contributed by atoms with Crippen LogP contribution in [0.2, 0.25) is 0 Å². The van der Waals surface area contributed by atoms with Crippen LogP contribution in [-0.2, 0) is 0 Å². The first kappa shape index (κ1) is 20.4. The summed E-state index contributed by atoms with van der Waals surface area (Å²) in [6, 6.07) is 4.54. The first-order valence-electron chi connectivity index (χ1n) is 8.92. The second kappa shape index (κ2) is 7.98. The Morgan fingerprint density at radius 3 is 2.69 bits per heavy atom. The third-order valence-corrected chi connectivity index (χ3v) is 4.09. The summed E-state index contributed by atoms with van der Waals surface area (Å²) in [5.74, 6) is -0.351. The highest BCUT2D eigenvalue weighted by Gasteiger charge is 2.26. The molecule has 3 N–H and O–H groups in total. The van der Waals surface area contributed by atoms with Crippen molar-refractivity contribution in [2.24, 2.45) is 0 Å². The van der Waals surface area contributed by atoms with Crippen LogP contribution in [0.4, 0.5) is 19.0 Å². The van der Waals surface area contributed by atoms with E-state index >= 15 is 0 Å². The van der Waals surface area contributed by atoms with E-state index in [1.54, 1.807) is 16.7 Å². The van der Waals surface area contributed by atoms with Gasteiger partial charge in [0.25, 0.3) is 5.91 Å². The Balaban J connectivity index is 1.88. The summed E-state index contributed by atoms with van der Waals surface area (Å²) in [6.45, 7) is 3.31. The topological polar surface area (TPSA) is 91.5 Å². The minimum absolute atomic E-state index is 0.0730. The Hall–Kier alpha value is -3.30. The van der Waals surface area contributed by atoms with Crippen molar-refractivity contribution in [2.45, 2.75) is 32.5 Å². The number of benzene rings is 1. The van der Waals surface area contributed by atoms with E-state index < -0.39 is 12.6 Å². The maximum absolute atomic E-state index is 12.4.